The van der Waals surface area contributed by atoms with E-state index in [4.69, 9.17) is 9.47 Å². The molecule has 5 heteroatoms. The van der Waals surface area contributed by atoms with Crippen LogP contribution in [-0.2, 0) is 0 Å². The summed E-state index contributed by atoms with van der Waals surface area (Å²) in [6.45, 7) is 0.469. The van der Waals surface area contributed by atoms with E-state index >= 15 is 0 Å². The molecule has 0 radical (unpaired) electrons. The minimum Gasteiger partial charge on any atom is -0.497 e. The smallest absolute Gasteiger partial charge is 0.123 e. The summed E-state index contributed by atoms with van der Waals surface area (Å²) in [5, 5.41) is 13.0. The van der Waals surface area contributed by atoms with Gasteiger partial charge < -0.3 is 19.9 Å². The van der Waals surface area contributed by atoms with Gasteiger partial charge in [-0.2, -0.15) is 0 Å². The van der Waals surface area contributed by atoms with E-state index in [0.29, 0.717) is 12.3 Å². The number of nitrogens with one attached hydrogen (secondary N) is 1. The van der Waals surface area contributed by atoms with Gasteiger partial charge >= 0.3 is 0 Å². The van der Waals surface area contributed by atoms with Crippen LogP contribution >= 0.6 is 0 Å². The Hall–Kier alpha value is -2.27. The van der Waals surface area contributed by atoms with Crippen molar-refractivity contribution in [2.24, 2.45) is 0 Å². The molecule has 21 heavy (non-hydrogen) atoms. The first kappa shape index (κ1) is 15.1. The summed E-state index contributed by atoms with van der Waals surface area (Å²) in [4.78, 5) is 0. The van der Waals surface area contributed by atoms with Crippen LogP contribution < -0.4 is 14.8 Å². The molecule has 4 nitrogen and oxygen atoms in total. The van der Waals surface area contributed by atoms with Crippen LogP contribution in [0.2, 0.25) is 0 Å². The van der Waals surface area contributed by atoms with Crippen molar-refractivity contribution < 1.29 is 19.0 Å². The predicted molar refractivity (Wildman–Crippen MR) is 79.4 cm³/mol. The SMILES string of the molecule is COc1cccc(NCC(O)COc2ccc(F)cc2)c1. The Balaban J connectivity index is 1.76. The number of hydrogen-bond donors (Lipinski definition) is 2. The van der Waals surface area contributed by atoms with E-state index in [0.717, 1.165) is 11.4 Å². The fraction of sp³-hybridized carbons (Fsp3) is 0.250. The molecule has 1 atom stereocenters. The van der Waals surface area contributed by atoms with Crippen LogP contribution in [0, 0.1) is 5.82 Å². The van der Waals surface area contributed by atoms with Gasteiger partial charge in [-0.15, -0.1) is 0 Å². The third-order valence-corrected chi connectivity index (χ3v) is 2.87. The Kier molecular flexibility index (Phi) is 5.40. The molecule has 0 aliphatic carbocycles. The number of aliphatic hydroxyl groups is 1. The van der Waals surface area contributed by atoms with Crippen LogP contribution in [0.25, 0.3) is 0 Å². The number of anilines is 1. The van der Waals surface area contributed by atoms with E-state index in [1.807, 2.05) is 24.3 Å². The number of ether oxygens (including phenoxy) is 2. The molecule has 0 amide bonds. The van der Waals surface area contributed by atoms with E-state index in [1.165, 1.54) is 24.3 Å². The van der Waals surface area contributed by atoms with Gasteiger partial charge in [0.1, 0.15) is 30.0 Å². The van der Waals surface area contributed by atoms with Crippen LogP contribution in [-0.4, -0.2) is 31.5 Å². The van der Waals surface area contributed by atoms with Crippen molar-refractivity contribution in [3.63, 3.8) is 0 Å². The molecule has 2 aromatic carbocycles. The van der Waals surface area contributed by atoms with Crippen LogP contribution in [0.15, 0.2) is 48.5 Å². The Morgan fingerprint density at radius 2 is 1.90 bits per heavy atom. The van der Waals surface area contributed by atoms with Crippen molar-refractivity contribution in [1.82, 2.24) is 0 Å². The number of hydrogen-bond acceptors (Lipinski definition) is 4. The zero-order valence-corrected chi connectivity index (χ0v) is 11.8. The van der Waals surface area contributed by atoms with Crippen LogP contribution in [0.3, 0.4) is 0 Å². The molecule has 0 saturated carbocycles. The highest BCUT2D eigenvalue weighted by Gasteiger charge is 2.06. The number of benzene rings is 2. The van der Waals surface area contributed by atoms with E-state index in [9.17, 15) is 9.50 Å². The van der Waals surface area contributed by atoms with Gasteiger partial charge in [0, 0.05) is 18.3 Å². The van der Waals surface area contributed by atoms with E-state index in [-0.39, 0.29) is 12.4 Å². The third kappa shape index (κ3) is 4.96. The fourth-order valence-electron chi connectivity index (χ4n) is 1.75. The van der Waals surface area contributed by atoms with Crippen molar-refractivity contribution in [2.75, 3.05) is 25.6 Å². The average Bonchev–Trinajstić information content (AvgIpc) is 2.52. The van der Waals surface area contributed by atoms with Gasteiger partial charge in [0.25, 0.3) is 0 Å². The Morgan fingerprint density at radius 1 is 1.14 bits per heavy atom. The van der Waals surface area contributed by atoms with E-state index in [1.54, 1.807) is 7.11 Å². The summed E-state index contributed by atoms with van der Waals surface area (Å²) in [6.07, 6.45) is -0.679. The van der Waals surface area contributed by atoms with E-state index < -0.39 is 6.10 Å². The van der Waals surface area contributed by atoms with Gasteiger partial charge in [0.05, 0.1) is 7.11 Å². The maximum Gasteiger partial charge on any atom is 0.123 e. The van der Waals surface area contributed by atoms with Crippen molar-refractivity contribution in [2.45, 2.75) is 6.10 Å². The van der Waals surface area contributed by atoms with Gasteiger partial charge in [0.15, 0.2) is 0 Å². The summed E-state index contributed by atoms with van der Waals surface area (Å²) in [5.74, 6) is 0.955. The molecule has 0 saturated heterocycles. The second kappa shape index (κ2) is 7.50. The van der Waals surface area contributed by atoms with Crippen molar-refractivity contribution in [1.29, 1.82) is 0 Å². The molecule has 0 aliphatic heterocycles. The first-order valence-electron chi connectivity index (χ1n) is 6.62. The summed E-state index contributed by atoms with van der Waals surface area (Å²) in [7, 11) is 1.60. The summed E-state index contributed by atoms with van der Waals surface area (Å²) in [6, 6.07) is 13.1. The number of aliphatic hydroxyl groups excluding tert-OH is 1. The Bertz CT molecular complexity index is 560. The second-order valence-electron chi connectivity index (χ2n) is 4.53. The summed E-state index contributed by atoms with van der Waals surface area (Å²) in [5.41, 5.74) is 0.857. The van der Waals surface area contributed by atoms with Crippen LogP contribution in [0.5, 0.6) is 11.5 Å². The molecule has 2 rings (SSSR count). The van der Waals surface area contributed by atoms with Gasteiger partial charge in [-0.05, 0) is 36.4 Å². The molecule has 0 spiro atoms. The lowest BCUT2D eigenvalue weighted by molar-refractivity contribution is 0.117. The Morgan fingerprint density at radius 3 is 2.62 bits per heavy atom. The molecule has 0 fully saturated rings. The standard InChI is InChI=1S/C16H18FNO3/c1-20-16-4-2-3-13(9-16)18-10-14(19)11-21-15-7-5-12(17)6-8-15/h2-9,14,18-19H,10-11H2,1H3. The highest BCUT2D eigenvalue weighted by Crippen LogP contribution is 2.16. The predicted octanol–water partition coefficient (Wildman–Crippen LogP) is 2.69. The first-order valence-corrected chi connectivity index (χ1v) is 6.62. The molecule has 2 aromatic rings. The molecule has 0 aliphatic rings. The first-order chi connectivity index (χ1) is 10.2. The van der Waals surface area contributed by atoms with Crippen LogP contribution in [0.4, 0.5) is 10.1 Å². The van der Waals surface area contributed by atoms with Crippen molar-refractivity contribution in [3.8, 4) is 11.5 Å². The number of rotatable bonds is 7. The van der Waals surface area contributed by atoms with Gasteiger partial charge in [-0.1, -0.05) is 6.07 Å². The maximum atomic E-state index is 12.7. The molecule has 0 aromatic heterocycles. The van der Waals surface area contributed by atoms with Crippen molar-refractivity contribution >= 4 is 5.69 Å². The minimum absolute atomic E-state index is 0.128. The third-order valence-electron chi connectivity index (χ3n) is 2.87. The largest absolute Gasteiger partial charge is 0.497 e. The molecular weight excluding hydrogens is 273 g/mol. The zero-order valence-electron chi connectivity index (χ0n) is 11.8. The van der Waals surface area contributed by atoms with Crippen LogP contribution in [0.1, 0.15) is 0 Å². The normalized spacial score (nSPS) is 11.8. The summed E-state index contributed by atoms with van der Waals surface area (Å²) >= 11 is 0. The number of halogens is 1. The molecule has 0 bridgehead atoms. The molecule has 2 N–H and O–H groups in total. The molecule has 0 heterocycles. The van der Waals surface area contributed by atoms with Gasteiger partial charge in [-0.3, -0.25) is 0 Å². The van der Waals surface area contributed by atoms with E-state index in [2.05, 4.69) is 5.32 Å². The topological polar surface area (TPSA) is 50.7 Å². The summed E-state index contributed by atoms with van der Waals surface area (Å²) < 4.78 is 23.2. The molecular formula is C16H18FNO3. The minimum atomic E-state index is -0.679. The monoisotopic (exact) mass is 291 g/mol. The Labute approximate surface area is 123 Å². The lowest BCUT2D eigenvalue weighted by Crippen LogP contribution is -2.26. The lowest BCUT2D eigenvalue weighted by Gasteiger charge is -2.14. The number of methoxy groups -OCH3 is 1. The highest BCUT2D eigenvalue weighted by atomic mass is 19.1. The maximum absolute atomic E-state index is 12.7. The van der Waals surface area contributed by atoms with Gasteiger partial charge in [-0.25, -0.2) is 4.39 Å². The average molecular weight is 291 g/mol. The van der Waals surface area contributed by atoms with Crippen molar-refractivity contribution in [3.05, 3.63) is 54.3 Å². The second-order valence-corrected chi connectivity index (χ2v) is 4.53. The van der Waals surface area contributed by atoms with Gasteiger partial charge in [0.2, 0.25) is 0 Å². The molecule has 112 valence electrons. The molecule has 1 unspecified atom stereocenters. The highest BCUT2D eigenvalue weighted by molar-refractivity contribution is 5.48. The quantitative estimate of drug-likeness (QED) is 0.823. The zero-order chi connectivity index (χ0) is 15.1. The lowest BCUT2D eigenvalue weighted by atomic mass is 10.3. The fourth-order valence-corrected chi connectivity index (χ4v) is 1.75.